The molecule has 2 nitrogen and oxygen atoms in total. The van der Waals surface area contributed by atoms with E-state index in [1.165, 1.54) is 22.0 Å². The zero-order chi connectivity index (χ0) is 13.0. The summed E-state index contributed by atoms with van der Waals surface area (Å²) in [5.41, 5.74) is 10.9. The lowest BCUT2D eigenvalue weighted by Gasteiger charge is -2.21. The number of hydrogen-bond acceptors (Lipinski definition) is 1. The third-order valence-electron chi connectivity index (χ3n) is 3.43. The molecule has 0 aliphatic carbocycles. The lowest BCUT2D eigenvalue weighted by Crippen LogP contribution is -2.31. The summed E-state index contributed by atoms with van der Waals surface area (Å²) >= 11 is 3.70. The Hall–Kier alpha value is -0.800. The Balaban J connectivity index is 2.96. The van der Waals surface area contributed by atoms with Crippen LogP contribution in [-0.2, 0) is 12.6 Å². The Kier molecular flexibility index (Phi) is 2.87. The summed E-state index contributed by atoms with van der Waals surface area (Å²) in [5, 5.41) is 1.24. The first-order valence-corrected chi connectivity index (χ1v) is 6.58. The molecule has 2 aromatic rings. The fourth-order valence-electron chi connectivity index (χ4n) is 2.51. The van der Waals surface area contributed by atoms with Crippen molar-refractivity contribution >= 4 is 26.8 Å². The number of rotatable bonds is 1. The second-order valence-electron chi connectivity index (χ2n) is 5.35. The number of hydrogen-bond donors (Lipinski definition) is 1. The molecule has 0 fully saturated rings. The molecule has 0 amide bonds. The highest BCUT2D eigenvalue weighted by molar-refractivity contribution is 9.10. The number of halogens is 1. The lowest BCUT2D eigenvalue weighted by molar-refractivity contribution is 0.513. The third-order valence-corrected chi connectivity index (χ3v) is 4.23. The summed E-state index contributed by atoms with van der Waals surface area (Å²) in [6, 6.07) is 4.33. The molecule has 0 spiro atoms. The average molecular weight is 295 g/mol. The van der Waals surface area contributed by atoms with Gasteiger partial charge in [-0.1, -0.05) is 12.1 Å². The van der Waals surface area contributed by atoms with Gasteiger partial charge in [0.2, 0.25) is 0 Å². The maximum Gasteiger partial charge on any atom is 0.0524 e. The SMILES string of the molecule is Cc1ccc2c(Br)c(C(C)(C)N)n(C)c2c1C. The molecule has 92 valence electrons. The lowest BCUT2D eigenvalue weighted by atomic mass is 10.0. The number of aryl methyl sites for hydroxylation is 3. The van der Waals surface area contributed by atoms with Crippen LogP contribution in [0.25, 0.3) is 10.9 Å². The van der Waals surface area contributed by atoms with Crippen molar-refractivity contribution in [2.75, 3.05) is 0 Å². The smallest absolute Gasteiger partial charge is 0.0524 e. The van der Waals surface area contributed by atoms with Gasteiger partial charge in [-0.3, -0.25) is 0 Å². The first kappa shape index (κ1) is 12.7. The van der Waals surface area contributed by atoms with Gasteiger partial charge in [0.05, 0.1) is 16.7 Å². The van der Waals surface area contributed by atoms with E-state index >= 15 is 0 Å². The van der Waals surface area contributed by atoms with Crippen molar-refractivity contribution in [3.8, 4) is 0 Å². The molecule has 3 heteroatoms. The van der Waals surface area contributed by atoms with Crippen molar-refractivity contribution in [1.29, 1.82) is 0 Å². The molecule has 1 aromatic heterocycles. The van der Waals surface area contributed by atoms with Crippen LogP contribution < -0.4 is 5.73 Å². The molecule has 0 atom stereocenters. The molecule has 0 saturated heterocycles. The van der Waals surface area contributed by atoms with Crippen LogP contribution in [0.15, 0.2) is 16.6 Å². The van der Waals surface area contributed by atoms with Crippen molar-refractivity contribution in [2.24, 2.45) is 12.8 Å². The number of nitrogens with two attached hydrogens (primary N) is 1. The predicted octanol–water partition coefficient (Wildman–Crippen LogP) is 3.75. The van der Waals surface area contributed by atoms with Gasteiger partial charge < -0.3 is 10.3 Å². The van der Waals surface area contributed by atoms with Crippen molar-refractivity contribution < 1.29 is 0 Å². The number of fused-ring (bicyclic) bond motifs is 1. The fraction of sp³-hybridized carbons (Fsp3) is 0.429. The van der Waals surface area contributed by atoms with E-state index in [1.54, 1.807) is 0 Å². The Morgan fingerprint density at radius 3 is 2.35 bits per heavy atom. The predicted molar refractivity (Wildman–Crippen MR) is 77.3 cm³/mol. The highest BCUT2D eigenvalue weighted by atomic mass is 79.9. The highest BCUT2D eigenvalue weighted by Gasteiger charge is 2.25. The first-order chi connectivity index (χ1) is 7.75. The summed E-state index contributed by atoms with van der Waals surface area (Å²) in [7, 11) is 2.09. The van der Waals surface area contributed by atoms with Gasteiger partial charge in [0, 0.05) is 16.9 Å². The third kappa shape index (κ3) is 1.81. The molecule has 2 N–H and O–H groups in total. The van der Waals surface area contributed by atoms with Crippen LogP contribution in [-0.4, -0.2) is 4.57 Å². The van der Waals surface area contributed by atoms with Gasteiger partial charge >= 0.3 is 0 Å². The maximum absolute atomic E-state index is 6.26. The van der Waals surface area contributed by atoms with E-state index in [0.717, 1.165) is 10.2 Å². The van der Waals surface area contributed by atoms with Gasteiger partial charge in [-0.25, -0.2) is 0 Å². The Morgan fingerprint density at radius 2 is 1.82 bits per heavy atom. The molecule has 0 aliphatic heterocycles. The van der Waals surface area contributed by atoms with Gasteiger partial charge in [-0.2, -0.15) is 0 Å². The second kappa shape index (κ2) is 3.85. The summed E-state index contributed by atoms with van der Waals surface area (Å²) in [6.45, 7) is 8.38. The molecule has 1 heterocycles. The minimum absolute atomic E-state index is 0.354. The van der Waals surface area contributed by atoms with Crippen LogP contribution in [0.3, 0.4) is 0 Å². The molecule has 0 unspecified atom stereocenters. The van der Waals surface area contributed by atoms with Gasteiger partial charge in [0.25, 0.3) is 0 Å². The molecular formula is C14H19BrN2. The van der Waals surface area contributed by atoms with E-state index in [9.17, 15) is 0 Å². The van der Waals surface area contributed by atoms with Gasteiger partial charge in [-0.05, 0) is 54.8 Å². The summed E-state index contributed by atoms with van der Waals surface area (Å²) < 4.78 is 3.33. The van der Waals surface area contributed by atoms with Gasteiger partial charge in [0.15, 0.2) is 0 Å². The van der Waals surface area contributed by atoms with Crippen molar-refractivity contribution in [3.05, 3.63) is 33.4 Å². The Labute approximate surface area is 111 Å². The van der Waals surface area contributed by atoms with Gasteiger partial charge in [-0.15, -0.1) is 0 Å². The topological polar surface area (TPSA) is 30.9 Å². The molecule has 0 bridgehead atoms. The highest BCUT2D eigenvalue weighted by Crippen LogP contribution is 2.37. The fourth-order valence-corrected chi connectivity index (χ4v) is 3.61. The van der Waals surface area contributed by atoms with Crippen molar-refractivity contribution in [1.82, 2.24) is 4.57 Å². The monoisotopic (exact) mass is 294 g/mol. The number of nitrogens with zero attached hydrogens (tertiary/aromatic N) is 1. The van der Waals surface area contributed by atoms with Crippen LogP contribution in [0.2, 0.25) is 0 Å². The van der Waals surface area contributed by atoms with Crippen LogP contribution in [0, 0.1) is 13.8 Å². The van der Waals surface area contributed by atoms with E-state index in [2.05, 4.69) is 53.5 Å². The van der Waals surface area contributed by atoms with Crippen LogP contribution >= 0.6 is 15.9 Å². The molecule has 2 rings (SSSR count). The largest absolute Gasteiger partial charge is 0.345 e. The average Bonchev–Trinajstić information content (AvgIpc) is 2.44. The van der Waals surface area contributed by atoms with E-state index in [0.29, 0.717) is 0 Å². The number of aromatic nitrogens is 1. The minimum Gasteiger partial charge on any atom is -0.345 e. The van der Waals surface area contributed by atoms with Crippen molar-refractivity contribution in [3.63, 3.8) is 0 Å². The molecule has 17 heavy (non-hydrogen) atoms. The summed E-state index contributed by atoms with van der Waals surface area (Å²) in [6.07, 6.45) is 0. The normalized spacial score (nSPS) is 12.4. The Morgan fingerprint density at radius 1 is 1.24 bits per heavy atom. The summed E-state index contributed by atoms with van der Waals surface area (Å²) in [5.74, 6) is 0. The molecule has 0 aliphatic rings. The van der Waals surface area contributed by atoms with Crippen LogP contribution in [0.1, 0.15) is 30.7 Å². The van der Waals surface area contributed by atoms with E-state index in [1.807, 2.05) is 13.8 Å². The maximum atomic E-state index is 6.26. The first-order valence-electron chi connectivity index (χ1n) is 5.78. The van der Waals surface area contributed by atoms with Crippen LogP contribution in [0.4, 0.5) is 0 Å². The minimum atomic E-state index is -0.354. The molecule has 0 radical (unpaired) electrons. The van der Waals surface area contributed by atoms with Gasteiger partial charge in [0.1, 0.15) is 0 Å². The van der Waals surface area contributed by atoms with E-state index in [4.69, 9.17) is 5.73 Å². The molecule has 0 saturated carbocycles. The standard InChI is InChI=1S/C14H19BrN2/c1-8-6-7-10-11(15)13(14(3,4)16)17(5)12(10)9(8)2/h6-7H,16H2,1-5H3. The molecular weight excluding hydrogens is 276 g/mol. The van der Waals surface area contributed by atoms with E-state index < -0.39 is 0 Å². The van der Waals surface area contributed by atoms with E-state index in [-0.39, 0.29) is 5.54 Å². The number of benzene rings is 1. The molecule has 1 aromatic carbocycles. The Bertz CT molecular complexity index is 589. The zero-order valence-electron chi connectivity index (χ0n) is 11.1. The zero-order valence-corrected chi connectivity index (χ0v) is 12.6. The quantitative estimate of drug-likeness (QED) is 0.853. The van der Waals surface area contributed by atoms with Crippen molar-refractivity contribution in [2.45, 2.75) is 33.2 Å². The van der Waals surface area contributed by atoms with Crippen LogP contribution in [0.5, 0.6) is 0 Å². The summed E-state index contributed by atoms with van der Waals surface area (Å²) in [4.78, 5) is 0. The second-order valence-corrected chi connectivity index (χ2v) is 6.14.